The van der Waals surface area contributed by atoms with Crippen LogP contribution in [0.15, 0.2) is 16.4 Å². The molecular formula is C18H27N5O2S. The van der Waals surface area contributed by atoms with Gasteiger partial charge < -0.3 is 20.0 Å². The van der Waals surface area contributed by atoms with Crippen LogP contribution in [0, 0.1) is 0 Å². The molecule has 0 aliphatic carbocycles. The number of aliphatic imine (C=N–C) groups is 1. The summed E-state index contributed by atoms with van der Waals surface area (Å²) in [5.74, 6) is 0.941. The van der Waals surface area contributed by atoms with E-state index in [9.17, 15) is 9.59 Å². The number of hydrogen-bond donors (Lipinski definition) is 1. The molecule has 0 spiro atoms. The molecule has 0 unspecified atom stereocenters. The lowest BCUT2D eigenvalue weighted by molar-refractivity contribution is -0.130. The Kier molecular flexibility index (Phi) is 6.13. The van der Waals surface area contributed by atoms with Crippen LogP contribution >= 0.6 is 11.3 Å². The van der Waals surface area contributed by atoms with Crippen LogP contribution in [0.1, 0.15) is 24.3 Å². The molecule has 0 saturated carbocycles. The number of piperazine rings is 1. The highest BCUT2D eigenvalue weighted by atomic mass is 32.1. The molecule has 3 rings (SSSR count). The lowest BCUT2D eigenvalue weighted by Gasteiger charge is -2.36. The minimum Gasteiger partial charge on any atom is -0.357 e. The molecule has 2 aliphatic rings. The predicted molar refractivity (Wildman–Crippen MR) is 103 cm³/mol. The van der Waals surface area contributed by atoms with E-state index in [0.717, 1.165) is 38.6 Å². The molecular weight excluding hydrogens is 350 g/mol. The van der Waals surface area contributed by atoms with Gasteiger partial charge in [0.05, 0.1) is 0 Å². The lowest BCUT2D eigenvalue weighted by atomic mass is 10.1. The highest BCUT2D eigenvalue weighted by molar-refractivity contribution is 7.10. The van der Waals surface area contributed by atoms with Gasteiger partial charge in [-0.2, -0.15) is 0 Å². The Morgan fingerprint density at radius 1 is 1.15 bits per heavy atom. The molecule has 1 fully saturated rings. The Labute approximate surface area is 158 Å². The maximum absolute atomic E-state index is 12.6. The number of carbonyl (C=O) groups excluding carboxylic acids is 2. The number of nitrogens with one attached hydrogen (secondary N) is 1. The number of amides is 2. The van der Waals surface area contributed by atoms with E-state index >= 15 is 0 Å². The van der Waals surface area contributed by atoms with Gasteiger partial charge in [0.1, 0.15) is 6.54 Å². The van der Waals surface area contributed by atoms with Gasteiger partial charge in [-0.25, -0.2) is 4.99 Å². The fourth-order valence-corrected chi connectivity index (χ4v) is 4.25. The van der Waals surface area contributed by atoms with Crippen LogP contribution in [-0.2, 0) is 22.6 Å². The van der Waals surface area contributed by atoms with Crippen LogP contribution in [0.3, 0.4) is 0 Å². The van der Waals surface area contributed by atoms with Gasteiger partial charge in [-0.3, -0.25) is 9.59 Å². The third kappa shape index (κ3) is 4.35. The third-order valence-corrected chi connectivity index (χ3v) is 5.91. The van der Waals surface area contributed by atoms with Crippen molar-refractivity contribution < 1.29 is 9.59 Å². The van der Waals surface area contributed by atoms with Gasteiger partial charge in [0, 0.05) is 57.6 Å². The molecule has 0 radical (unpaired) electrons. The van der Waals surface area contributed by atoms with Crippen molar-refractivity contribution in [2.75, 3.05) is 45.8 Å². The van der Waals surface area contributed by atoms with Gasteiger partial charge >= 0.3 is 0 Å². The van der Waals surface area contributed by atoms with Crippen molar-refractivity contribution in [2.24, 2.45) is 4.99 Å². The third-order valence-electron chi connectivity index (χ3n) is 4.88. The van der Waals surface area contributed by atoms with Crippen LogP contribution in [0.5, 0.6) is 0 Å². The molecule has 3 heterocycles. The molecule has 0 atom stereocenters. The average molecular weight is 378 g/mol. The van der Waals surface area contributed by atoms with Crippen molar-refractivity contribution in [1.82, 2.24) is 20.0 Å². The SMILES string of the molecule is CCNC(=NCC(=O)N1CCc2sccc2C1)N1CCN(C(C)=O)CC1. The van der Waals surface area contributed by atoms with E-state index < -0.39 is 0 Å². The zero-order chi connectivity index (χ0) is 18.5. The fraction of sp³-hybridized carbons (Fsp3) is 0.611. The Balaban J connectivity index is 1.57. The molecule has 1 N–H and O–H groups in total. The zero-order valence-electron chi connectivity index (χ0n) is 15.5. The van der Waals surface area contributed by atoms with E-state index in [-0.39, 0.29) is 18.4 Å². The van der Waals surface area contributed by atoms with E-state index in [1.165, 1.54) is 10.4 Å². The largest absolute Gasteiger partial charge is 0.357 e. The first kappa shape index (κ1) is 18.7. The minimum atomic E-state index is 0.0691. The number of guanidine groups is 1. The summed E-state index contributed by atoms with van der Waals surface area (Å²) < 4.78 is 0. The molecule has 26 heavy (non-hydrogen) atoms. The number of hydrogen-bond acceptors (Lipinski definition) is 4. The Morgan fingerprint density at radius 2 is 1.88 bits per heavy atom. The van der Waals surface area contributed by atoms with Crippen molar-refractivity contribution in [3.63, 3.8) is 0 Å². The molecule has 1 aromatic rings. The van der Waals surface area contributed by atoms with Crippen molar-refractivity contribution in [1.29, 1.82) is 0 Å². The van der Waals surface area contributed by atoms with Crippen molar-refractivity contribution in [3.8, 4) is 0 Å². The zero-order valence-corrected chi connectivity index (χ0v) is 16.3. The first-order valence-electron chi connectivity index (χ1n) is 9.20. The van der Waals surface area contributed by atoms with E-state index in [1.807, 2.05) is 16.7 Å². The second-order valence-electron chi connectivity index (χ2n) is 6.60. The van der Waals surface area contributed by atoms with E-state index in [1.54, 1.807) is 18.3 Å². The van der Waals surface area contributed by atoms with Crippen LogP contribution in [0.4, 0.5) is 0 Å². The summed E-state index contributed by atoms with van der Waals surface area (Å²) in [7, 11) is 0. The molecule has 8 heteroatoms. The van der Waals surface area contributed by atoms with Gasteiger partial charge in [0.15, 0.2) is 5.96 Å². The fourth-order valence-electron chi connectivity index (χ4n) is 3.36. The predicted octanol–water partition coefficient (Wildman–Crippen LogP) is 0.762. The Bertz CT molecular complexity index is 679. The highest BCUT2D eigenvalue weighted by Gasteiger charge is 2.23. The van der Waals surface area contributed by atoms with Crippen LogP contribution in [-0.4, -0.2) is 78.3 Å². The van der Waals surface area contributed by atoms with Gasteiger partial charge in [0.25, 0.3) is 0 Å². The van der Waals surface area contributed by atoms with E-state index in [4.69, 9.17) is 0 Å². The summed E-state index contributed by atoms with van der Waals surface area (Å²) in [6.45, 7) is 8.87. The number of thiophene rings is 1. The van der Waals surface area contributed by atoms with Crippen LogP contribution in [0.2, 0.25) is 0 Å². The minimum absolute atomic E-state index is 0.0691. The molecule has 1 saturated heterocycles. The van der Waals surface area contributed by atoms with E-state index in [2.05, 4.69) is 26.7 Å². The van der Waals surface area contributed by atoms with Crippen molar-refractivity contribution >= 4 is 29.1 Å². The highest BCUT2D eigenvalue weighted by Crippen LogP contribution is 2.23. The first-order chi connectivity index (χ1) is 12.6. The molecule has 142 valence electrons. The van der Waals surface area contributed by atoms with Crippen molar-refractivity contribution in [3.05, 3.63) is 21.9 Å². The Hall–Kier alpha value is -2.09. The summed E-state index contributed by atoms with van der Waals surface area (Å²) in [6, 6.07) is 2.11. The maximum atomic E-state index is 12.6. The standard InChI is InChI=1S/C18H27N5O2S/c1-3-19-18(22-9-7-21(8-10-22)14(2)24)20-12-17(25)23-6-4-16-15(13-23)5-11-26-16/h5,11H,3-4,6-10,12-13H2,1-2H3,(H,19,20). The second-order valence-corrected chi connectivity index (χ2v) is 7.60. The monoisotopic (exact) mass is 377 g/mol. The quantitative estimate of drug-likeness (QED) is 0.624. The van der Waals surface area contributed by atoms with Gasteiger partial charge in [0.2, 0.25) is 11.8 Å². The van der Waals surface area contributed by atoms with Gasteiger partial charge in [-0.05, 0) is 30.4 Å². The summed E-state index contributed by atoms with van der Waals surface area (Å²) >= 11 is 1.77. The van der Waals surface area contributed by atoms with Crippen LogP contribution in [0.25, 0.3) is 0 Å². The average Bonchev–Trinajstić information content (AvgIpc) is 3.12. The number of rotatable bonds is 3. The van der Waals surface area contributed by atoms with Gasteiger partial charge in [-0.15, -0.1) is 11.3 Å². The van der Waals surface area contributed by atoms with Gasteiger partial charge in [-0.1, -0.05) is 0 Å². The normalized spacial score (nSPS) is 17.9. The number of nitrogens with zero attached hydrogens (tertiary/aromatic N) is 4. The summed E-state index contributed by atoms with van der Waals surface area (Å²) in [5, 5.41) is 5.37. The van der Waals surface area contributed by atoms with Crippen LogP contribution < -0.4 is 5.32 Å². The number of carbonyl (C=O) groups is 2. The second kappa shape index (κ2) is 8.53. The first-order valence-corrected chi connectivity index (χ1v) is 10.1. The maximum Gasteiger partial charge on any atom is 0.244 e. The number of fused-ring (bicyclic) bond motifs is 1. The molecule has 0 bridgehead atoms. The topological polar surface area (TPSA) is 68.2 Å². The molecule has 7 nitrogen and oxygen atoms in total. The summed E-state index contributed by atoms with van der Waals surface area (Å²) in [5.41, 5.74) is 1.27. The molecule has 1 aromatic heterocycles. The Morgan fingerprint density at radius 3 is 2.58 bits per heavy atom. The summed E-state index contributed by atoms with van der Waals surface area (Å²) in [6.07, 6.45) is 0.940. The molecule has 2 amide bonds. The molecule has 0 aromatic carbocycles. The smallest absolute Gasteiger partial charge is 0.244 e. The summed E-state index contributed by atoms with van der Waals surface area (Å²) in [4.78, 5) is 35.9. The van der Waals surface area contributed by atoms with E-state index in [0.29, 0.717) is 19.6 Å². The lowest BCUT2D eigenvalue weighted by Crippen LogP contribution is -2.53. The van der Waals surface area contributed by atoms with Crippen molar-refractivity contribution in [2.45, 2.75) is 26.8 Å². The molecule has 2 aliphatic heterocycles.